The Morgan fingerprint density at radius 3 is 2.83 bits per heavy atom. The summed E-state index contributed by atoms with van der Waals surface area (Å²) < 4.78 is 18.5. The van der Waals surface area contributed by atoms with Gasteiger partial charge in [0, 0.05) is 18.7 Å². The molecule has 1 aromatic carbocycles. The van der Waals surface area contributed by atoms with Gasteiger partial charge in [0.25, 0.3) is 0 Å². The molecule has 1 aromatic rings. The quantitative estimate of drug-likeness (QED) is 0.776. The third-order valence-corrected chi connectivity index (χ3v) is 3.46. The third-order valence-electron chi connectivity index (χ3n) is 3.46. The number of hydrogen-bond acceptors (Lipinski definition) is 4. The first-order valence-electron chi connectivity index (χ1n) is 7.17. The zero-order chi connectivity index (χ0) is 16.8. The van der Waals surface area contributed by atoms with Crippen LogP contribution < -0.4 is 10.6 Å². The summed E-state index contributed by atoms with van der Waals surface area (Å²) in [6.07, 6.45) is 0.729. The first kappa shape index (κ1) is 16.7. The van der Waals surface area contributed by atoms with Gasteiger partial charge in [-0.2, -0.15) is 0 Å². The van der Waals surface area contributed by atoms with Crippen LogP contribution in [0.5, 0.6) is 0 Å². The zero-order valence-corrected chi connectivity index (χ0v) is 12.7. The van der Waals surface area contributed by atoms with E-state index in [1.165, 1.54) is 23.1 Å². The molecule has 2 N–H and O–H groups in total. The van der Waals surface area contributed by atoms with E-state index >= 15 is 0 Å². The van der Waals surface area contributed by atoms with Gasteiger partial charge in [0.1, 0.15) is 12.4 Å². The lowest BCUT2D eigenvalue weighted by molar-refractivity contribution is -0.145. The molecule has 2 rings (SSSR count). The molecular formula is C15H18FN3O4. The molecule has 8 heteroatoms. The molecule has 1 aliphatic rings. The van der Waals surface area contributed by atoms with Crippen molar-refractivity contribution in [2.24, 2.45) is 0 Å². The fourth-order valence-corrected chi connectivity index (χ4v) is 2.30. The van der Waals surface area contributed by atoms with Crippen molar-refractivity contribution in [3.05, 3.63) is 35.6 Å². The molecule has 0 saturated carbocycles. The first-order chi connectivity index (χ1) is 11.0. The number of hydrogen-bond donors (Lipinski definition) is 2. The average molecular weight is 323 g/mol. The highest BCUT2D eigenvalue weighted by Gasteiger charge is 2.28. The second-order valence-electron chi connectivity index (χ2n) is 5.05. The van der Waals surface area contributed by atoms with Crippen LogP contribution in [0.25, 0.3) is 0 Å². The first-order valence-corrected chi connectivity index (χ1v) is 7.17. The summed E-state index contributed by atoms with van der Waals surface area (Å²) in [4.78, 5) is 36.9. The maximum Gasteiger partial charge on any atom is 0.333 e. The lowest BCUT2D eigenvalue weighted by Gasteiger charge is -2.27. The molecule has 3 amide bonds. The Hall–Kier alpha value is -2.64. The molecule has 1 aliphatic heterocycles. The molecule has 1 saturated heterocycles. The van der Waals surface area contributed by atoms with Gasteiger partial charge in [-0.3, -0.25) is 4.79 Å². The number of amides is 3. The molecule has 0 spiro atoms. The molecule has 0 aromatic heterocycles. The van der Waals surface area contributed by atoms with E-state index in [1.54, 1.807) is 6.07 Å². The van der Waals surface area contributed by atoms with E-state index in [2.05, 4.69) is 15.4 Å². The van der Waals surface area contributed by atoms with Gasteiger partial charge >= 0.3 is 12.0 Å². The lowest BCUT2D eigenvalue weighted by atomic mass is 10.1. The van der Waals surface area contributed by atoms with Gasteiger partial charge in [0.05, 0.1) is 7.11 Å². The number of nitrogens with one attached hydrogen (secondary N) is 2. The van der Waals surface area contributed by atoms with E-state index in [9.17, 15) is 18.8 Å². The van der Waals surface area contributed by atoms with Crippen LogP contribution in [0.4, 0.5) is 9.18 Å². The second-order valence-corrected chi connectivity index (χ2v) is 5.05. The van der Waals surface area contributed by atoms with Crippen molar-refractivity contribution in [1.29, 1.82) is 0 Å². The molecule has 23 heavy (non-hydrogen) atoms. The van der Waals surface area contributed by atoms with E-state index in [1.807, 2.05) is 0 Å². The molecule has 1 heterocycles. The van der Waals surface area contributed by atoms with Gasteiger partial charge in [-0.05, 0) is 12.5 Å². The van der Waals surface area contributed by atoms with Crippen molar-refractivity contribution >= 4 is 17.9 Å². The number of carbonyl (C=O) groups is 3. The topological polar surface area (TPSA) is 87.7 Å². The van der Waals surface area contributed by atoms with E-state index < -0.39 is 23.7 Å². The second kappa shape index (κ2) is 7.57. The van der Waals surface area contributed by atoms with Crippen LogP contribution in [0, 0.1) is 5.82 Å². The molecule has 0 bridgehead atoms. The van der Waals surface area contributed by atoms with Crippen molar-refractivity contribution in [2.75, 3.05) is 26.7 Å². The minimum Gasteiger partial charge on any atom is -0.467 e. The van der Waals surface area contributed by atoms with Crippen LogP contribution in [-0.4, -0.2) is 49.6 Å². The number of rotatable bonds is 5. The Morgan fingerprint density at radius 2 is 2.17 bits per heavy atom. The molecule has 0 aliphatic carbocycles. The summed E-state index contributed by atoms with van der Waals surface area (Å²) >= 11 is 0. The highest BCUT2D eigenvalue weighted by atomic mass is 19.1. The number of methoxy groups -OCH3 is 1. The largest absolute Gasteiger partial charge is 0.467 e. The summed E-state index contributed by atoms with van der Waals surface area (Å²) in [6, 6.07) is 4.01. The number of ether oxygens (including phenoxy) is 1. The minimum atomic E-state index is -1.26. The summed E-state index contributed by atoms with van der Waals surface area (Å²) in [6.45, 7) is 0.798. The monoisotopic (exact) mass is 323 g/mol. The maximum atomic E-state index is 13.9. The molecular weight excluding hydrogens is 305 g/mol. The van der Waals surface area contributed by atoms with E-state index in [0.717, 1.165) is 13.5 Å². The smallest absolute Gasteiger partial charge is 0.333 e. The van der Waals surface area contributed by atoms with E-state index in [0.29, 0.717) is 13.1 Å². The third kappa shape index (κ3) is 4.18. The maximum absolute atomic E-state index is 13.9. The number of benzene rings is 1. The van der Waals surface area contributed by atoms with Crippen LogP contribution in [0.3, 0.4) is 0 Å². The normalized spacial score (nSPS) is 15.6. The highest BCUT2D eigenvalue weighted by Crippen LogP contribution is 2.18. The van der Waals surface area contributed by atoms with E-state index in [4.69, 9.17) is 0 Å². The number of nitrogens with zero attached hydrogens (tertiary/aromatic N) is 1. The van der Waals surface area contributed by atoms with Crippen molar-refractivity contribution in [3.63, 3.8) is 0 Å². The Morgan fingerprint density at radius 1 is 1.43 bits per heavy atom. The van der Waals surface area contributed by atoms with Crippen molar-refractivity contribution in [3.8, 4) is 0 Å². The predicted molar refractivity (Wildman–Crippen MR) is 78.9 cm³/mol. The van der Waals surface area contributed by atoms with Crippen molar-refractivity contribution in [2.45, 2.75) is 12.5 Å². The number of urea groups is 1. The summed E-state index contributed by atoms with van der Waals surface area (Å²) in [5.74, 6) is -1.98. The Kier molecular flexibility index (Phi) is 5.51. The van der Waals surface area contributed by atoms with Gasteiger partial charge < -0.3 is 20.3 Å². The van der Waals surface area contributed by atoms with E-state index in [-0.39, 0.29) is 18.1 Å². The highest BCUT2D eigenvalue weighted by molar-refractivity contribution is 5.88. The zero-order valence-electron chi connectivity index (χ0n) is 12.7. The summed E-state index contributed by atoms with van der Waals surface area (Å²) in [7, 11) is 1.15. The fraction of sp³-hybridized carbons (Fsp3) is 0.400. The number of esters is 1. The van der Waals surface area contributed by atoms with Gasteiger partial charge in [0.15, 0.2) is 6.04 Å². The Balaban J connectivity index is 2.09. The molecule has 0 unspecified atom stereocenters. The Bertz CT molecular complexity index is 608. The summed E-state index contributed by atoms with van der Waals surface area (Å²) in [5.41, 5.74) is 0.01000. The van der Waals surface area contributed by atoms with Crippen LogP contribution in [-0.2, 0) is 14.3 Å². The molecule has 1 atom stereocenters. The number of halogens is 1. The van der Waals surface area contributed by atoms with Crippen LogP contribution in [0.15, 0.2) is 24.3 Å². The standard InChI is InChI=1S/C15H18FN3O4/c1-23-14(21)13(10-5-2-3-6-11(10)16)18-12(20)9-19-8-4-7-17-15(19)22/h2-3,5-6,13H,4,7-9H2,1H3,(H,17,22)(H,18,20)/t13-/m1/s1. The lowest BCUT2D eigenvalue weighted by Crippen LogP contribution is -2.51. The van der Waals surface area contributed by atoms with Gasteiger partial charge in [-0.1, -0.05) is 18.2 Å². The van der Waals surface area contributed by atoms with Crippen LogP contribution in [0.2, 0.25) is 0 Å². The van der Waals surface area contributed by atoms with Crippen LogP contribution >= 0.6 is 0 Å². The van der Waals surface area contributed by atoms with Gasteiger partial charge in [-0.25, -0.2) is 14.0 Å². The molecule has 1 fully saturated rings. The Labute approximate surface area is 132 Å². The predicted octanol–water partition coefficient (Wildman–Crippen LogP) is 0.571. The minimum absolute atomic E-state index is 0.01000. The summed E-state index contributed by atoms with van der Waals surface area (Å²) in [5, 5.41) is 5.04. The van der Waals surface area contributed by atoms with Crippen molar-refractivity contribution < 1.29 is 23.5 Å². The SMILES string of the molecule is COC(=O)[C@H](NC(=O)CN1CCCNC1=O)c1ccccc1F. The van der Waals surface area contributed by atoms with Crippen LogP contribution in [0.1, 0.15) is 18.0 Å². The van der Waals surface area contributed by atoms with Gasteiger partial charge in [0.2, 0.25) is 5.91 Å². The van der Waals surface area contributed by atoms with Crippen molar-refractivity contribution in [1.82, 2.24) is 15.5 Å². The molecule has 124 valence electrons. The molecule has 7 nitrogen and oxygen atoms in total. The fourth-order valence-electron chi connectivity index (χ4n) is 2.30. The van der Waals surface area contributed by atoms with Gasteiger partial charge in [-0.15, -0.1) is 0 Å². The number of carbonyl (C=O) groups excluding carboxylic acids is 3. The molecule has 0 radical (unpaired) electrons. The average Bonchev–Trinajstić information content (AvgIpc) is 2.55.